The Hall–Kier alpha value is -1.89. The minimum atomic E-state index is -2.14. The van der Waals surface area contributed by atoms with Crippen molar-refractivity contribution in [2.24, 2.45) is 0 Å². The molecule has 1 aromatic carbocycles. The Labute approximate surface area is 125 Å². The molecular weight excluding hydrogens is 290 g/mol. The first-order valence-electron chi connectivity index (χ1n) is 6.59. The molecule has 0 aliphatic rings. The van der Waals surface area contributed by atoms with Crippen molar-refractivity contribution in [3.8, 4) is 5.75 Å². The molecule has 0 spiro atoms. The molecule has 0 unspecified atom stereocenters. The number of carbonyl (C=O) groups is 1. The van der Waals surface area contributed by atoms with E-state index in [-0.39, 0.29) is 10.6 Å². The Morgan fingerprint density at radius 3 is 2.24 bits per heavy atom. The molecule has 0 heterocycles. The molecule has 21 heavy (non-hydrogen) atoms. The van der Waals surface area contributed by atoms with Gasteiger partial charge in [0, 0.05) is 11.6 Å². The summed E-state index contributed by atoms with van der Waals surface area (Å²) in [6.07, 6.45) is 0. The van der Waals surface area contributed by atoms with Gasteiger partial charge in [-0.05, 0) is 31.1 Å². The lowest BCUT2D eigenvalue weighted by molar-refractivity contribution is -0.385. The molecule has 1 N–H and O–H groups in total. The Morgan fingerprint density at radius 2 is 1.86 bits per heavy atom. The summed E-state index contributed by atoms with van der Waals surface area (Å²) in [6, 6.07) is 2.68. The van der Waals surface area contributed by atoms with Gasteiger partial charge in [-0.3, -0.25) is 10.1 Å². The highest BCUT2D eigenvalue weighted by Gasteiger charge is 2.39. The van der Waals surface area contributed by atoms with Crippen LogP contribution < -0.4 is 4.43 Å². The summed E-state index contributed by atoms with van der Waals surface area (Å²) in [5.74, 6) is -0.913. The topological polar surface area (TPSA) is 89.7 Å². The molecule has 0 bridgehead atoms. The largest absolute Gasteiger partial charge is 0.543 e. The van der Waals surface area contributed by atoms with Crippen molar-refractivity contribution in [1.82, 2.24) is 0 Å². The highest BCUT2D eigenvalue weighted by molar-refractivity contribution is 6.74. The molecule has 0 aromatic heterocycles. The van der Waals surface area contributed by atoms with Crippen LogP contribution >= 0.6 is 0 Å². The van der Waals surface area contributed by atoms with Gasteiger partial charge in [0.2, 0.25) is 8.32 Å². The van der Waals surface area contributed by atoms with Crippen LogP contribution in [0.15, 0.2) is 12.1 Å². The van der Waals surface area contributed by atoms with Crippen LogP contribution in [0.5, 0.6) is 5.75 Å². The van der Waals surface area contributed by atoms with Gasteiger partial charge in [-0.15, -0.1) is 0 Å². The normalized spacial score (nSPS) is 12.1. The number of nitro groups is 1. The van der Waals surface area contributed by atoms with Crippen LogP contribution in [-0.4, -0.2) is 24.3 Å². The van der Waals surface area contributed by atoms with E-state index >= 15 is 0 Å². The average Bonchev–Trinajstić information content (AvgIpc) is 2.28. The predicted octanol–water partition coefficient (Wildman–Crippen LogP) is 3.99. The summed E-state index contributed by atoms with van der Waals surface area (Å²) in [4.78, 5) is 21.6. The molecule has 0 atom stereocenters. The molecule has 1 rings (SSSR count). The molecule has 0 amide bonds. The maximum Gasteiger partial charge on any atom is 0.343 e. The number of carboxylic acids is 1. The first-order valence-corrected chi connectivity index (χ1v) is 9.49. The molecule has 0 radical (unpaired) electrons. The quantitative estimate of drug-likeness (QED) is 0.516. The molecule has 0 aliphatic heterocycles. The van der Waals surface area contributed by atoms with Gasteiger partial charge in [-0.2, -0.15) is 0 Å². The van der Waals surface area contributed by atoms with E-state index in [2.05, 4.69) is 20.8 Å². The second-order valence-corrected chi connectivity index (χ2v) is 11.2. The second kappa shape index (κ2) is 5.48. The van der Waals surface area contributed by atoms with E-state index in [4.69, 9.17) is 4.43 Å². The Balaban J connectivity index is 3.39. The molecular formula is C14H21NO5Si. The standard InChI is InChI=1S/C14H21NO5Si/c1-9-11(20-21(5,6)14(2,3)4)8-7-10(15(18)19)12(9)13(16)17/h7-8H,1-6H3,(H,16,17). The molecule has 7 heteroatoms. The van der Waals surface area contributed by atoms with Crippen molar-refractivity contribution in [2.45, 2.75) is 45.8 Å². The van der Waals surface area contributed by atoms with Crippen molar-refractivity contribution in [2.75, 3.05) is 0 Å². The molecule has 6 nitrogen and oxygen atoms in total. The first kappa shape index (κ1) is 17.2. The fraction of sp³-hybridized carbons (Fsp3) is 0.500. The van der Waals surface area contributed by atoms with E-state index in [0.717, 1.165) is 0 Å². The fourth-order valence-corrected chi connectivity index (χ4v) is 2.72. The number of aromatic carboxylic acids is 1. The summed E-state index contributed by atoms with van der Waals surface area (Å²) in [6.45, 7) is 11.8. The predicted molar refractivity (Wildman–Crippen MR) is 82.6 cm³/mol. The van der Waals surface area contributed by atoms with Crippen LogP contribution in [0.3, 0.4) is 0 Å². The SMILES string of the molecule is Cc1c(O[Si](C)(C)C(C)(C)C)ccc([N+](=O)[O-])c1C(=O)O. The van der Waals surface area contributed by atoms with Gasteiger partial charge in [-0.1, -0.05) is 20.8 Å². The van der Waals surface area contributed by atoms with Crippen LogP contribution in [0.25, 0.3) is 0 Å². The van der Waals surface area contributed by atoms with Crippen LogP contribution in [-0.2, 0) is 0 Å². The van der Waals surface area contributed by atoms with Gasteiger partial charge in [0.15, 0.2) is 0 Å². The first-order chi connectivity index (χ1) is 9.38. The van der Waals surface area contributed by atoms with Crippen LogP contribution in [0.4, 0.5) is 5.69 Å². The van der Waals surface area contributed by atoms with Crippen molar-refractivity contribution in [3.05, 3.63) is 33.4 Å². The van der Waals surface area contributed by atoms with Crippen molar-refractivity contribution >= 4 is 20.0 Å². The summed E-state index contributed by atoms with van der Waals surface area (Å²) in [5.41, 5.74) is -0.430. The van der Waals surface area contributed by atoms with Gasteiger partial charge < -0.3 is 9.53 Å². The maximum atomic E-state index is 11.3. The number of nitrogens with zero attached hydrogens (tertiary/aromatic N) is 1. The second-order valence-electron chi connectivity index (χ2n) is 6.51. The van der Waals surface area contributed by atoms with Crippen LogP contribution in [0, 0.1) is 17.0 Å². The van der Waals surface area contributed by atoms with Crippen molar-refractivity contribution in [3.63, 3.8) is 0 Å². The maximum absolute atomic E-state index is 11.3. The van der Waals surface area contributed by atoms with E-state index < -0.39 is 24.9 Å². The van der Waals surface area contributed by atoms with Crippen LogP contribution in [0.2, 0.25) is 18.1 Å². The number of nitro benzene ring substituents is 1. The number of carboxylic acid groups (broad SMARTS) is 1. The van der Waals surface area contributed by atoms with E-state index in [0.29, 0.717) is 11.3 Å². The molecule has 116 valence electrons. The van der Waals surface area contributed by atoms with E-state index in [1.54, 1.807) is 6.92 Å². The summed E-state index contributed by atoms with van der Waals surface area (Å²) in [7, 11) is -2.14. The molecule has 0 fully saturated rings. The van der Waals surface area contributed by atoms with E-state index in [1.807, 2.05) is 13.1 Å². The Kier molecular flexibility index (Phi) is 4.47. The third-order valence-electron chi connectivity index (χ3n) is 3.98. The zero-order valence-electron chi connectivity index (χ0n) is 13.2. The number of benzene rings is 1. The van der Waals surface area contributed by atoms with Gasteiger partial charge in [0.25, 0.3) is 5.69 Å². The lowest BCUT2D eigenvalue weighted by Crippen LogP contribution is -2.44. The highest BCUT2D eigenvalue weighted by Crippen LogP contribution is 2.39. The minimum Gasteiger partial charge on any atom is -0.543 e. The molecule has 0 saturated carbocycles. The number of hydrogen-bond donors (Lipinski definition) is 1. The summed E-state index contributed by atoms with van der Waals surface area (Å²) in [5, 5.41) is 20.1. The average molecular weight is 311 g/mol. The third-order valence-corrected chi connectivity index (χ3v) is 8.32. The Morgan fingerprint density at radius 1 is 1.33 bits per heavy atom. The zero-order valence-corrected chi connectivity index (χ0v) is 14.2. The fourth-order valence-electron chi connectivity index (χ4n) is 1.64. The van der Waals surface area contributed by atoms with Gasteiger partial charge >= 0.3 is 5.97 Å². The van der Waals surface area contributed by atoms with Crippen molar-refractivity contribution < 1.29 is 19.3 Å². The van der Waals surface area contributed by atoms with Crippen LogP contribution in [0.1, 0.15) is 36.7 Å². The minimum absolute atomic E-state index is 0.0510. The third kappa shape index (κ3) is 3.41. The molecule has 0 aliphatic carbocycles. The van der Waals surface area contributed by atoms with E-state index in [1.165, 1.54) is 12.1 Å². The molecule has 0 saturated heterocycles. The molecule has 1 aromatic rings. The summed E-state index contributed by atoms with van der Waals surface area (Å²) >= 11 is 0. The number of rotatable bonds is 4. The monoisotopic (exact) mass is 311 g/mol. The van der Waals surface area contributed by atoms with Crippen molar-refractivity contribution in [1.29, 1.82) is 0 Å². The van der Waals surface area contributed by atoms with Gasteiger partial charge in [-0.25, -0.2) is 4.79 Å². The Bertz CT molecular complexity index is 590. The van der Waals surface area contributed by atoms with E-state index in [9.17, 15) is 20.0 Å². The lowest BCUT2D eigenvalue weighted by Gasteiger charge is -2.37. The number of hydrogen-bond acceptors (Lipinski definition) is 4. The van der Waals surface area contributed by atoms with Gasteiger partial charge in [0.1, 0.15) is 11.3 Å². The smallest absolute Gasteiger partial charge is 0.343 e. The summed E-state index contributed by atoms with van der Waals surface area (Å²) < 4.78 is 6.08. The van der Waals surface area contributed by atoms with Gasteiger partial charge in [0.05, 0.1) is 4.92 Å². The highest BCUT2D eigenvalue weighted by atomic mass is 28.4. The zero-order chi connectivity index (χ0) is 16.6. The lowest BCUT2D eigenvalue weighted by atomic mass is 10.1.